The van der Waals surface area contributed by atoms with Gasteiger partial charge in [0.15, 0.2) is 0 Å². The van der Waals surface area contributed by atoms with Crippen LogP contribution in [0.5, 0.6) is 0 Å². The van der Waals surface area contributed by atoms with Gasteiger partial charge in [-0.2, -0.15) is 5.10 Å². The Kier molecular flexibility index (Phi) is 3.33. The molecule has 0 spiro atoms. The van der Waals surface area contributed by atoms with Gasteiger partial charge in [0, 0.05) is 18.0 Å². The van der Waals surface area contributed by atoms with Gasteiger partial charge in [0.1, 0.15) is 0 Å². The quantitative estimate of drug-likeness (QED) is 0.848. The molecule has 1 unspecified atom stereocenters. The molecule has 0 aromatic carbocycles. The lowest BCUT2D eigenvalue weighted by Crippen LogP contribution is -2.16. The summed E-state index contributed by atoms with van der Waals surface area (Å²) in [4.78, 5) is 0. The molecule has 1 aliphatic rings. The number of nitrogens with zero attached hydrogens (tertiary/aromatic N) is 2. The van der Waals surface area contributed by atoms with E-state index < -0.39 is 0 Å². The predicted octanol–water partition coefficient (Wildman–Crippen LogP) is 3.14. The zero-order valence-electron chi connectivity index (χ0n) is 10.6. The Morgan fingerprint density at radius 2 is 2.19 bits per heavy atom. The van der Waals surface area contributed by atoms with Crippen molar-refractivity contribution < 1.29 is 0 Å². The molecular weight excluding hydrogens is 198 g/mol. The van der Waals surface area contributed by atoms with Gasteiger partial charge >= 0.3 is 0 Å². The number of nitrogens with two attached hydrogens (primary N) is 1. The van der Waals surface area contributed by atoms with Crippen LogP contribution in [0.1, 0.15) is 75.8 Å². The molecule has 3 nitrogen and oxygen atoms in total. The van der Waals surface area contributed by atoms with Crippen molar-refractivity contribution in [3.05, 3.63) is 17.5 Å². The van der Waals surface area contributed by atoms with E-state index in [-0.39, 0.29) is 6.04 Å². The molecule has 0 radical (unpaired) electrons. The third-order valence-corrected chi connectivity index (χ3v) is 3.78. The maximum atomic E-state index is 6.02. The van der Waals surface area contributed by atoms with Crippen LogP contribution in [0.15, 0.2) is 6.07 Å². The first-order valence-electron chi connectivity index (χ1n) is 6.48. The average molecular weight is 221 g/mol. The van der Waals surface area contributed by atoms with Gasteiger partial charge in [-0.05, 0) is 39.2 Å². The first kappa shape index (κ1) is 11.6. The normalized spacial score (nSPS) is 20.5. The van der Waals surface area contributed by atoms with Gasteiger partial charge < -0.3 is 5.73 Å². The number of hydrogen-bond donors (Lipinski definition) is 1. The van der Waals surface area contributed by atoms with Crippen LogP contribution in [-0.4, -0.2) is 9.78 Å². The summed E-state index contributed by atoms with van der Waals surface area (Å²) in [5.74, 6) is 0.697. The van der Waals surface area contributed by atoms with Crippen molar-refractivity contribution in [2.75, 3.05) is 0 Å². The minimum atomic E-state index is 0.0790. The molecule has 2 rings (SSSR count). The van der Waals surface area contributed by atoms with E-state index in [0.29, 0.717) is 12.0 Å². The second-order valence-electron chi connectivity index (χ2n) is 5.11. The molecule has 1 aromatic heterocycles. The van der Waals surface area contributed by atoms with Crippen molar-refractivity contribution in [3.8, 4) is 0 Å². The lowest BCUT2D eigenvalue weighted by molar-refractivity contribution is 0.394. The van der Waals surface area contributed by atoms with Crippen LogP contribution in [0.3, 0.4) is 0 Å². The Morgan fingerprint density at radius 1 is 1.50 bits per heavy atom. The predicted molar refractivity (Wildman–Crippen MR) is 66.4 cm³/mol. The van der Waals surface area contributed by atoms with E-state index in [1.165, 1.54) is 30.7 Å². The minimum absolute atomic E-state index is 0.0790. The van der Waals surface area contributed by atoms with E-state index in [2.05, 4.69) is 24.6 Å². The Morgan fingerprint density at radius 3 is 2.62 bits per heavy atom. The maximum absolute atomic E-state index is 6.02. The fraction of sp³-hybridized carbons (Fsp3) is 0.769. The Bertz CT molecular complexity index is 350. The van der Waals surface area contributed by atoms with Crippen molar-refractivity contribution in [1.82, 2.24) is 9.78 Å². The lowest BCUT2D eigenvalue weighted by atomic mass is 9.83. The van der Waals surface area contributed by atoms with E-state index in [1.807, 2.05) is 6.92 Å². The maximum Gasteiger partial charge on any atom is 0.0659 e. The topological polar surface area (TPSA) is 43.8 Å². The van der Waals surface area contributed by atoms with Crippen LogP contribution in [0.25, 0.3) is 0 Å². The summed E-state index contributed by atoms with van der Waals surface area (Å²) in [5, 5.41) is 4.76. The zero-order chi connectivity index (χ0) is 11.7. The van der Waals surface area contributed by atoms with Gasteiger partial charge in [-0.3, -0.25) is 4.68 Å². The van der Waals surface area contributed by atoms with Crippen molar-refractivity contribution in [2.24, 2.45) is 5.73 Å². The Labute approximate surface area is 98.0 Å². The minimum Gasteiger partial charge on any atom is -0.323 e. The van der Waals surface area contributed by atoms with Gasteiger partial charge in [-0.25, -0.2) is 0 Å². The molecule has 0 bridgehead atoms. The third-order valence-electron chi connectivity index (χ3n) is 3.78. The summed E-state index contributed by atoms with van der Waals surface area (Å²) >= 11 is 0. The van der Waals surface area contributed by atoms with Crippen LogP contribution in [0, 0.1) is 0 Å². The lowest BCUT2D eigenvalue weighted by Gasteiger charge is -2.23. The highest BCUT2D eigenvalue weighted by molar-refractivity contribution is 5.19. The fourth-order valence-corrected chi connectivity index (χ4v) is 2.20. The molecule has 2 atom stereocenters. The highest BCUT2D eigenvalue weighted by Crippen LogP contribution is 2.36. The van der Waals surface area contributed by atoms with Crippen LogP contribution in [0.2, 0.25) is 0 Å². The van der Waals surface area contributed by atoms with Gasteiger partial charge in [0.25, 0.3) is 0 Å². The molecule has 3 heteroatoms. The molecule has 16 heavy (non-hydrogen) atoms. The Hall–Kier alpha value is -0.830. The SMILES string of the molecule is CCC(C)n1nc(C2CCC2)cc1[C@H](C)N. The van der Waals surface area contributed by atoms with E-state index >= 15 is 0 Å². The summed E-state index contributed by atoms with van der Waals surface area (Å²) in [6.07, 6.45) is 5.06. The second kappa shape index (κ2) is 4.58. The van der Waals surface area contributed by atoms with E-state index in [0.717, 1.165) is 6.42 Å². The molecule has 1 fully saturated rings. The van der Waals surface area contributed by atoms with Crippen molar-refractivity contribution in [2.45, 2.75) is 64.5 Å². The first-order chi connectivity index (χ1) is 7.63. The molecule has 90 valence electrons. The summed E-state index contributed by atoms with van der Waals surface area (Å²) in [5.41, 5.74) is 8.47. The van der Waals surface area contributed by atoms with Crippen LogP contribution in [-0.2, 0) is 0 Å². The standard InChI is InChI=1S/C13H23N3/c1-4-9(2)16-13(10(3)14)8-12(15-16)11-6-5-7-11/h8-11H,4-7,14H2,1-3H3/t9?,10-/m0/s1. The fourth-order valence-electron chi connectivity index (χ4n) is 2.20. The smallest absolute Gasteiger partial charge is 0.0659 e. The van der Waals surface area contributed by atoms with Crippen LogP contribution in [0.4, 0.5) is 0 Å². The van der Waals surface area contributed by atoms with Gasteiger partial charge in [-0.1, -0.05) is 13.3 Å². The Balaban J connectivity index is 2.29. The number of hydrogen-bond acceptors (Lipinski definition) is 2. The van der Waals surface area contributed by atoms with Gasteiger partial charge in [0.05, 0.1) is 11.4 Å². The van der Waals surface area contributed by atoms with E-state index in [4.69, 9.17) is 10.8 Å². The van der Waals surface area contributed by atoms with Gasteiger partial charge in [0.2, 0.25) is 0 Å². The summed E-state index contributed by atoms with van der Waals surface area (Å²) in [6, 6.07) is 2.76. The second-order valence-corrected chi connectivity index (χ2v) is 5.11. The molecule has 0 aliphatic heterocycles. The summed E-state index contributed by atoms with van der Waals surface area (Å²) in [7, 11) is 0. The van der Waals surface area contributed by atoms with Crippen molar-refractivity contribution in [3.63, 3.8) is 0 Å². The average Bonchev–Trinajstić information content (AvgIpc) is 2.58. The highest BCUT2D eigenvalue weighted by atomic mass is 15.3. The van der Waals surface area contributed by atoms with Crippen LogP contribution < -0.4 is 5.73 Å². The molecule has 1 saturated carbocycles. The highest BCUT2D eigenvalue weighted by Gasteiger charge is 2.25. The third kappa shape index (κ3) is 2.01. The van der Waals surface area contributed by atoms with Gasteiger partial charge in [-0.15, -0.1) is 0 Å². The molecule has 1 aromatic rings. The number of rotatable bonds is 4. The summed E-state index contributed by atoms with van der Waals surface area (Å²) < 4.78 is 2.14. The monoisotopic (exact) mass is 221 g/mol. The first-order valence-corrected chi connectivity index (χ1v) is 6.48. The van der Waals surface area contributed by atoms with Crippen molar-refractivity contribution >= 4 is 0 Å². The van der Waals surface area contributed by atoms with E-state index in [1.54, 1.807) is 0 Å². The molecular formula is C13H23N3. The number of aromatic nitrogens is 2. The molecule has 2 N–H and O–H groups in total. The van der Waals surface area contributed by atoms with E-state index in [9.17, 15) is 0 Å². The van der Waals surface area contributed by atoms with Crippen molar-refractivity contribution in [1.29, 1.82) is 0 Å². The largest absolute Gasteiger partial charge is 0.323 e. The molecule has 1 aliphatic carbocycles. The zero-order valence-corrected chi connectivity index (χ0v) is 10.6. The molecule has 0 saturated heterocycles. The molecule has 1 heterocycles. The molecule has 0 amide bonds. The summed E-state index contributed by atoms with van der Waals surface area (Å²) in [6.45, 7) is 6.45. The van der Waals surface area contributed by atoms with Crippen LogP contribution >= 0.6 is 0 Å².